The van der Waals surface area contributed by atoms with E-state index in [1.54, 1.807) is 0 Å². The van der Waals surface area contributed by atoms with Crippen LogP contribution in [0.3, 0.4) is 0 Å². The number of nitrogens with zero attached hydrogens (tertiary/aromatic N) is 2. The van der Waals surface area contributed by atoms with Crippen LogP contribution in [0.1, 0.15) is 12.2 Å². The van der Waals surface area contributed by atoms with Crippen molar-refractivity contribution in [3.8, 4) is 11.5 Å². The number of hydrogen-bond donors (Lipinski definition) is 1. The highest BCUT2D eigenvalue weighted by Crippen LogP contribution is 2.22. The molecule has 0 aliphatic carbocycles. The minimum absolute atomic E-state index is 0.525. The minimum Gasteiger partial charge on any atom is -0.388 e. The number of anilines is 1. The maximum Gasteiger partial charge on any atom is 0.257 e. The van der Waals surface area contributed by atoms with Gasteiger partial charge >= 0.3 is 0 Å². The van der Waals surface area contributed by atoms with Crippen LogP contribution in [0.25, 0.3) is 11.5 Å². The Kier molecular flexibility index (Phi) is 3.46. The predicted molar refractivity (Wildman–Crippen MR) is 71.9 cm³/mol. The number of ether oxygens (including phenoxy) is 1. The summed E-state index contributed by atoms with van der Waals surface area (Å²) in [4.78, 5) is 4.45. The third-order valence-corrected chi connectivity index (χ3v) is 3.38. The van der Waals surface area contributed by atoms with Crippen molar-refractivity contribution in [2.75, 3.05) is 25.6 Å². The minimum atomic E-state index is 0.525. The van der Waals surface area contributed by atoms with Gasteiger partial charge in [-0.05, 0) is 36.6 Å². The van der Waals surface area contributed by atoms with E-state index in [-0.39, 0.29) is 0 Å². The van der Waals surface area contributed by atoms with Crippen molar-refractivity contribution in [1.82, 2.24) is 10.1 Å². The number of hydrogen-bond acceptors (Lipinski definition) is 5. The summed E-state index contributed by atoms with van der Waals surface area (Å²) in [5.41, 5.74) is 2.01. The van der Waals surface area contributed by atoms with E-state index in [2.05, 4.69) is 15.5 Å². The predicted octanol–water partition coefficient (Wildman–Crippen LogP) is 2.36. The Balaban J connectivity index is 1.72. The lowest BCUT2D eigenvalue weighted by molar-refractivity contribution is 0.185. The van der Waals surface area contributed by atoms with Gasteiger partial charge in [0.1, 0.15) is 0 Å². The average molecular weight is 259 g/mol. The fourth-order valence-electron chi connectivity index (χ4n) is 2.24. The second kappa shape index (κ2) is 5.40. The smallest absolute Gasteiger partial charge is 0.257 e. The van der Waals surface area contributed by atoms with Gasteiger partial charge in [0.05, 0.1) is 0 Å². The topological polar surface area (TPSA) is 60.2 Å². The molecule has 1 unspecified atom stereocenters. The molecule has 1 fully saturated rings. The molecule has 1 aromatic heterocycles. The molecule has 0 saturated carbocycles. The van der Waals surface area contributed by atoms with E-state index in [1.165, 1.54) is 0 Å². The standard InChI is InChI=1S/C14H17N3O2/c1-15-12-4-2-11(3-5-12)14-16-13(17-19-14)8-10-6-7-18-9-10/h2-5,10,15H,6-9H2,1H3. The molecule has 1 aliphatic rings. The Morgan fingerprint density at radius 1 is 1.32 bits per heavy atom. The van der Waals surface area contributed by atoms with E-state index in [0.717, 1.165) is 43.1 Å². The van der Waals surface area contributed by atoms with Crippen LogP contribution in [-0.4, -0.2) is 30.4 Å². The van der Waals surface area contributed by atoms with Crippen LogP contribution in [0, 0.1) is 5.92 Å². The van der Waals surface area contributed by atoms with Gasteiger partial charge in [-0.25, -0.2) is 0 Å². The Morgan fingerprint density at radius 3 is 2.84 bits per heavy atom. The Hall–Kier alpha value is -1.88. The first kappa shape index (κ1) is 12.2. The van der Waals surface area contributed by atoms with E-state index in [9.17, 15) is 0 Å². The van der Waals surface area contributed by atoms with Crippen molar-refractivity contribution in [3.63, 3.8) is 0 Å². The molecule has 1 saturated heterocycles. The highest BCUT2D eigenvalue weighted by atomic mass is 16.5. The van der Waals surface area contributed by atoms with E-state index >= 15 is 0 Å². The number of nitrogens with one attached hydrogen (secondary N) is 1. The summed E-state index contributed by atoms with van der Waals surface area (Å²) in [7, 11) is 1.89. The van der Waals surface area contributed by atoms with Crippen LogP contribution in [0.4, 0.5) is 5.69 Å². The van der Waals surface area contributed by atoms with Crippen LogP contribution in [0.5, 0.6) is 0 Å². The fourth-order valence-corrected chi connectivity index (χ4v) is 2.24. The second-order valence-electron chi connectivity index (χ2n) is 4.78. The summed E-state index contributed by atoms with van der Waals surface area (Å²) >= 11 is 0. The molecule has 19 heavy (non-hydrogen) atoms. The zero-order valence-electron chi connectivity index (χ0n) is 10.9. The summed E-state index contributed by atoms with van der Waals surface area (Å²) in [5.74, 6) is 1.87. The maximum atomic E-state index is 5.35. The summed E-state index contributed by atoms with van der Waals surface area (Å²) < 4.78 is 10.7. The van der Waals surface area contributed by atoms with Gasteiger partial charge in [0.25, 0.3) is 5.89 Å². The SMILES string of the molecule is CNc1ccc(-c2nc(CC3CCOC3)no2)cc1. The maximum absolute atomic E-state index is 5.35. The summed E-state index contributed by atoms with van der Waals surface area (Å²) in [6, 6.07) is 7.93. The van der Waals surface area contributed by atoms with Gasteiger partial charge in [0.15, 0.2) is 5.82 Å². The summed E-state index contributed by atoms with van der Waals surface area (Å²) in [6.07, 6.45) is 1.92. The molecule has 1 aliphatic heterocycles. The van der Waals surface area contributed by atoms with Crippen molar-refractivity contribution >= 4 is 5.69 Å². The van der Waals surface area contributed by atoms with E-state index in [4.69, 9.17) is 9.26 Å². The summed E-state index contributed by atoms with van der Waals surface area (Å²) in [5, 5.41) is 7.12. The number of benzene rings is 1. The van der Waals surface area contributed by atoms with Gasteiger partial charge in [-0.3, -0.25) is 0 Å². The van der Waals surface area contributed by atoms with Crippen molar-refractivity contribution in [1.29, 1.82) is 0 Å². The molecule has 0 bridgehead atoms. The van der Waals surface area contributed by atoms with Crippen molar-refractivity contribution in [2.24, 2.45) is 5.92 Å². The largest absolute Gasteiger partial charge is 0.388 e. The van der Waals surface area contributed by atoms with Crippen LogP contribution >= 0.6 is 0 Å². The molecule has 0 radical (unpaired) electrons. The Morgan fingerprint density at radius 2 is 2.16 bits per heavy atom. The summed E-state index contributed by atoms with van der Waals surface area (Å²) in [6.45, 7) is 1.65. The zero-order chi connectivity index (χ0) is 13.1. The first-order valence-electron chi connectivity index (χ1n) is 6.53. The van der Waals surface area contributed by atoms with Crippen LogP contribution in [-0.2, 0) is 11.2 Å². The van der Waals surface area contributed by atoms with Crippen LogP contribution in [0.2, 0.25) is 0 Å². The normalized spacial score (nSPS) is 18.7. The van der Waals surface area contributed by atoms with Crippen LogP contribution < -0.4 is 5.32 Å². The lowest BCUT2D eigenvalue weighted by Crippen LogP contribution is -2.04. The lowest BCUT2D eigenvalue weighted by Gasteiger charge is -2.01. The van der Waals surface area contributed by atoms with Crippen LogP contribution in [0.15, 0.2) is 28.8 Å². The third kappa shape index (κ3) is 2.76. The Labute approximate surface area is 112 Å². The van der Waals surface area contributed by atoms with Gasteiger partial charge in [0.2, 0.25) is 0 Å². The molecule has 0 amide bonds. The first-order chi connectivity index (χ1) is 9.35. The second-order valence-corrected chi connectivity index (χ2v) is 4.78. The number of rotatable bonds is 4. The monoisotopic (exact) mass is 259 g/mol. The first-order valence-corrected chi connectivity index (χ1v) is 6.53. The van der Waals surface area contributed by atoms with Crippen molar-refractivity contribution in [3.05, 3.63) is 30.1 Å². The fraction of sp³-hybridized carbons (Fsp3) is 0.429. The molecule has 5 nitrogen and oxygen atoms in total. The molecule has 0 spiro atoms. The molecule has 1 atom stereocenters. The van der Waals surface area contributed by atoms with Crippen molar-refractivity contribution in [2.45, 2.75) is 12.8 Å². The molecule has 2 aromatic rings. The quantitative estimate of drug-likeness (QED) is 0.913. The third-order valence-electron chi connectivity index (χ3n) is 3.38. The molecule has 1 N–H and O–H groups in total. The molecule has 3 rings (SSSR count). The van der Waals surface area contributed by atoms with Gasteiger partial charge in [-0.2, -0.15) is 4.98 Å². The zero-order valence-corrected chi connectivity index (χ0v) is 10.9. The molecule has 5 heteroatoms. The van der Waals surface area contributed by atoms with E-state index in [1.807, 2.05) is 31.3 Å². The van der Waals surface area contributed by atoms with Gasteiger partial charge in [-0.15, -0.1) is 0 Å². The van der Waals surface area contributed by atoms with E-state index in [0.29, 0.717) is 11.8 Å². The average Bonchev–Trinajstić information content (AvgIpc) is 3.11. The molecule has 100 valence electrons. The Bertz CT molecular complexity index is 530. The molecular weight excluding hydrogens is 242 g/mol. The molecular formula is C14H17N3O2. The highest BCUT2D eigenvalue weighted by Gasteiger charge is 2.19. The van der Waals surface area contributed by atoms with Gasteiger partial charge in [-0.1, -0.05) is 5.16 Å². The number of aromatic nitrogens is 2. The van der Waals surface area contributed by atoms with E-state index < -0.39 is 0 Å². The molecule has 2 heterocycles. The van der Waals surface area contributed by atoms with Gasteiger partial charge < -0.3 is 14.6 Å². The molecule has 1 aromatic carbocycles. The van der Waals surface area contributed by atoms with Gasteiger partial charge in [0, 0.05) is 37.9 Å². The lowest BCUT2D eigenvalue weighted by atomic mass is 10.1. The highest BCUT2D eigenvalue weighted by molar-refractivity contribution is 5.58. The van der Waals surface area contributed by atoms with Crippen molar-refractivity contribution < 1.29 is 9.26 Å².